The molecule has 0 aromatic rings. The van der Waals surface area contributed by atoms with Crippen molar-refractivity contribution < 1.29 is 9.90 Å². The zero-order valence-corrected chi connectivity index (χ0v) is 13.8. The van der Waals surface area contributed by atoms with Crippen molar-refractivity contribution in [3.63, 3.8) is 0 Å². The molecule has 1 unspecified atom stereocenters. The summed E-state index contributed by atoms with van der Waals surface area (Å²) in [6, 6.07) is 0. The minimum absolute atomic E-state index is 0.0908. The third kappa shape index (κ3) is 12.5. The van der Waals surface area contributed by atoms with E-state index in [1.54, 1.807) is 0 Å². The largest absolute Gasteiger partial charge is 0.481 e. The molecule has 0 saturated heterocycles. The lowest BCUT2D eigenvalue weighted by atomic mass is 9.94. The topological polar surface area (TPSA) is 37.3 Å². The van der Waals surface area contributed by atoms with E-state index in [1.165, 1.54) is 64.2 Å². The summed E-state index contributed by atoms with van der Waals surface area (Å²) in [5.41, 5.74) is 0. The van der Waals surface area contributed by atoms with Gasteiger partial charge in [0.15, 0.2) is 0 Å². The van der Waals surface area contributed by atoms with Crippen LogP contribution in [0.1, 0.15) is 104 Å². The van der Waals surface area contributed by atoms with Gasteiger partial charge in [-0.3, -0.25) is 4.79 Å². The van der Waals surface area contributed by atoms with Crippen LogP contribution in [0.25, 0.3) is 0 Å². The third-order valence-corrected chi connectivity index (χ3v) is 4.16. The Bertz CT molecular complexity index is 213. The first kappa shape index (κ1) is 19.5. The second kappa shape index (κ2) is 14.9. The maximum absolute atomic E-state index is 11.2. The van der Waals surface area contributed by atoms with Gasteiger partial charge in [-0.2, -0.15) is 0 Å². The fourth-order valence-corrected chi connectivity index (χ4v) is 2.73. The SMILES string of the molecule is CCCCCCCCCCC(CCCCCC)C(=O)O. The molecule has 0 amide bonds. The average molecular weight is 284 g/mol. The first-order chi connectivity index (χ1) is 9.72. The maximum Gasteiger partial charge on any atom is 0.306 e. The van der Waals surface area contributed by atoms with Crippen LogP contribution in [0.15, 0.2) is 0 Å². The zero-order valence-electron chi connectivity index (χ0n) is 13.8. The molecule has 20 heavy (non-hydrogen) atoms. The summed E-state index contributed by atoms with van der Waals surface area (Å²) in [4.78, 5) is 11.2. The number of aliphatic carboxylic acids is 1. The van der Waals surface area contributed by atoms with Crippen LogP contribution >= 0.6 is 0 Å². The monoisotopic (exact) mass is 284 g/mol. The van der Waals surface area contributed by atoms with Crippen molar-refractivity contribution in [3.8, 4) is 0 Å². The van der Waals surface area contributed by atoms with Gasteiger partial charge in [0.05, 0.1) is 5.92 Å². The predicted molar refractivity (Wildman–Crippen MR) is 87.1 cm³/mol. The van der Waals surface area contributed by atoms with E-state index in [-0.39, 0.29) is 5.92 Å². The van der Waals surface area contributed by atoms with E-state index in [2.05, 4.69) is 13.8 Å². The fraction of sp³-hybridized carbons (Fsp3) is 0.944. The van der Waals surface area contributed by atoms with Crippen molar-refractivity contribution in [2.45, 2.75) is 104 Å². The molecule has 0 aliphatic heterocycles. The first-order valence-corrected chi connectivity index (χ1v) is 8.95. The average Bonchev–Trinajstić information content (AvgIpc) is 2.43. The molecule has 0 spiro atoms. The molecular formula is C18H36O2. The van der Waals surface area contributed by atoms with Crippen LogP contribution in [-0.4, -0.2) is 11.1 Å². The van der Waals surface area contributed by atoms with Crippen molar-refractivity contribution in [3.05, 3.63) is 0 Å². The quantitative estimate of drug-likeness (QED) is 0.364. The van der Waals surface area contributed by atoms with Crippen LogP contribution in [-0.2, 0) is 4.79 Å². The molecule has 120 valence electrons. The number of unbranched alkanes of at least 4 members (excludes halogenated alkanes) is 10. The Morgan fingerprint density at radius 3 is 1.45 bits per heavy atom. The van der Waals surface area contributed by atoms with Gasteiger partial charge in [0.1, 0.15) is 0 Å². The van der Waals surface area contributed by atoms with Gasteiger partial charge in [0.2, 0.25) is 0 Å². The van der Waals surface area contributed by atoms with E-state index < -0.39 is 5.97 Å². The molecule has 1 atom stereocenters. The maximum atomic E-state index is 11.2. The van der Waals surface area contributed by atoms with E-state index in [1.807, 2.05) is 0 Å². The summed E-state index contributed by atoms with van der Waals surface area (Å²) in [6.45, 7) is 4.43. The van der Waals surface area contributed by atoms with Crippen molar-refractivity contribution >= 4 is 5.97 Å². The summed E-state index contributed by atoms with van der Waals surface area (Å²) in [5.74, 6) is -0.670. The van der Waals surface area contributed by atoms with Crippen LogP contribution < -0.4 is 0 Å². The van der Waals surface area contributed by atoms with Crippen LogP contribution in [0.2, 0.25) is 0 Å². The lowest BCUT2D eigenvalue weighted by molar-refractivity contribution is -0.142. The lowest BCUT2D eigenvalue weighted by Crippen LogP contribution is -2.13. The number of hydrogen-bond donors (Lipinski definition) is 1. The lowest BCUT2D eigenvalue weighted by Gasteiger charge is -2.11. The van der Waals surface area contributed by atoms with Gasteiger partial charge in [0, 0.05) is 0 Å². The number of carboxylic acid groups (broad SMARTS) is 1. The summed E-state index contributed by atoms with van der Waals surface area (Å²) < 4.78 is 0. The Hall–Kier alpha value is -0.530. The van der Waals surface area contributed by atoms with Gasteiger partial charge in [-0.15, -0.1) is 0 Å². The molecule has 0 bridgehead atoms. The third-order valence-electron chi connectivity index (χ3n) is 4.16. The Morgan fingerprint density at radius 1 is 0.700 bits per heavy atom. The van der Waals surface area contributed by atoms with E-state index in [9.17, 15) is 9.90 Å². The molecule has 0 aliphatic carbocycles. The Labute approximate surface area is 126 Å². The molecule has 0 radical (unpaired) electrons. The van der Waals surface area contributed by atoms with Gasteiger partial charge < -0.3 is 5.11 Å². The summed E-state index contributed by atoms with van der Waals surface area (Å²) in [6.07, 6.45) is 16.8. The first-order valence-electron chi connectivity index (χ1n) is 8.95. The summed E-state index contributed by atoms with van der Waals surface area (Å²) in [5, 5.41) is 9.23. The van der Waals surface area contributed by atoms with Gasteiger partial charge in [0.25, 0.3) is 0 Å². The molecule has 0 saturated carbocycles. The van der Waals surface area contributed by atoms with Gasteiger partial charge in [-0.05, 0) is 12.8 Å². The summed E-state index contributed by atoms with van der Waals surface area (Å²) in [7, 11) is 0. The van der Waals surface area contributed by atoms with Crippen molar-refractivity contribution in [1.29, 1.82) is 0 Å². The minimum Gasteiger partial charge on any atom is -0.481 e. The fourth-order valence-electron chi connectivity index (χ4n) is 2.73. The van der Waals surface area contributed by atoms with Crippen LogP contribution in [0.3, 0.4) is 0 Å². The highest BCUT2D eigenvalue weighted by molar-refractivity contribution is 5.69. The molecule has 2 nitrogen and oxygen atoms in total. The predicted octanol–water partition coefficient (Wildman–Crippen LogP) is 6.19. The number of carbonyl (C=O) groups is 1. The molecule has 2 heteroatoms. The van der Waals surface area contributed by atoms with Crippen LogP contribution in [0.4, 0.5) is 0 Å². The standard InChI is InChI=1S/C18H36O2/c1-3-5-7-9-10-11-12-14-16-17(18(19)20)15-13-8-6-4-2/h17H,3-16H2,1-2H3,(H,19,20). The molecule has 0 aromatic carbocycles. The van der Waals surface area contributed by atoms with Crippen LogP contribution in [0, 0.1) is 5.92 Å². The second-order valence-corrected chi connectivity index (χ2v) is 6.15. The molecule has 0 aliphatic rings. The highest BCUT2D eigenvalue weighted by atomic mass is 16.4. The van der Waals surface area contributed by atoms with E-state index in [0.717, 1.165) is 25.7 Å². The van der Waals surface area contributed by atoms with Crippen molar-refractivity contribution in [2.24, 2.45) is 5.92 Å². The molecule has 0 aromatic heterocycles. The zero-order chi connectivity index (χ0) is 15.1. The molecule has 1 N–H and O–H groups in total. The van der Waals surface area contributed by atoms with E-state index in [4.69, 9.17) is 0 Å². The highest BCUT2D eigenvalue weighted by Crippen LogP contribution is 2.19. The number of hydrogen-bond acceptors (Lipinski definition) is 1. The normalized spacial score (nSPS) is 12.5. The van der Waals surface area contributed by atoms with Gasteiger partial charge >= 0.3 is 5.97 Å². The number of carboxylic acids is 1. The smallest absolute Gasteiger partial charge is 0.306 e. The molecule has 0 fully saturated rings. The Balaban J connectivity index is 3.48. The highest BCUT2D eigenvalue weighted by Gasteiger charge is 2.15. The molecule has 0 heterocycles. The minimum atomic E-state index is -0.579. The second-order valence-electron chi connectivity index (χ2n) is 6.15. The molecule has 0 rings (SSSR count). The van der Waals surface area contributed by atoms with Gasteiger partial charge in [-0.25, -0.2) is 0 Å². The molecular weight excluding hydrogens is 248 g/mol. The van der Waals surface area contributed by atoms with Crippen LogP contribution in [0.5, 0.6) is 0 Å². The van der Waals surface area contributed by atoms with E-state index >= 15 is 0 Å². The van der Waals surface area contributed by atoms with E-state index in [0.29, 0.717) is 0 Å². The number of rotatable bonds is 15. The Morgan fingerprint density at radius 2 is 1.05 bits per heavy atom. The van der Waals surface area contributed by atoms with Crippen molar-refractivity contribution in [2.75, 3.05) is 0 Å². The summed E-state index contributed by atoms with van der Waals surface area (Å²) >= 11 is 0. The van der Waals surface area contributed by atoms with Crippen molar-refractivity contribution in [1.82, 2.24) is 0 Å². The Kier molecular flexibility index (Phi) is 14.5. The van der Waals surface area contributed by atoms with Gasteiger partial charge in [-0.1, -0.05) is 90.9 Å².